The topological polar surface area (TPSA) is 62.5 Å². The molecule has 0 fully saturated rings. The fourth-order valence-corrected chi connectivity index (χ4v) is 1.45. The molecule has 0 bridgehead atoms. The number of rotatable bonds is 1. The van der Waals surface area contributed by atoms with Gasteiger partial charge in [0.1, 0.15) is 16.6 Å². The van der Waals surface area contributed by atoms with Crippen molar-refractivity contribution in [1.82, 2.24) is 15.2 Å². The van der Waals surface area contributed by atoms with Gasteiger partial charge in [0, 0.05) is 18.0 Å². The Kier molecular flexibility index (Phi) is 1.98. The molecule has 2 rings (SSSR count). The molecule has 0 saturated heterocycles. The van der Waals surface area contributed by atoms with Crippen molar-refractivity contribution in [2.75, 3.05) is 0 Å². The van der Waals surface area contributed by atoms with Gasteiger partial charge in [-0.2, -0.15) is 5.26 Å². The van der Waals surface area contributed by atoms with Crippen LogP contribution in [0.1, 0.15) is 5.56 Å². The smallest absolute Gasteiger partial charge is 0.149 e. The Morgan fingerprint density at radius 2 is 2.31 bits per heavy atom. The number of hydrogen-bond acceptors (Lipinski definition) is 5. The van der Waals surface area contributed by atoms with Crippen LogP contribution < -0.4 is 0 Å². The summed E-state index contributed by atoms with van der Waals surface area (Å²) in [4.78, 5) is 3.93. The minimum Gasteiger partial charge on any atom is -0.263 e. The van der Waals surface area contributed by atoms with Crippen LogP contribution in [-0.2, 0) is 0 Å². The van der Waals surface area contributed by atoms with Gasteiger partial charge in [0.05, 0.1) is 5.56 Å². The molecular weight excluding hydrogens is 184 g/mol. The van der Waals surface area contributed by atoms with Crippen molar-refractivity contribution >= 4 is 11.3 Å². The largest absolute Gasteiger partial charge is 0.263 e. The van der Waals surface area contributed by atoms with E-state index in [1.54, 1.807) is 17.8 Å². The lowest BCUT2D eigenvalue weighted by atomic mass is 10.2. The van der Waals surface area contributed by atoms with Crippen molar-refractivity contribution in [3.05, 3.63) is 29.5 Å². The highest BCUT2D eigenvalue weighted by atomic mass is 32.1. The summed E-state index contributed by atoms with van der Waals surface area (Å²) < 4.78 is 0. The molecule has 0 aromatic carbocycles. The number of nitriles is 1. The van der Waals surface area contributed by atoms with Gasteiger partial charge < -0.3 is 0 Å². The van der Waals surface area contributed by atoms with Gasteiger partial charge in [-0.1, -0.05) is 11.3 Å². The number of aromatic nitrogens is 3. The molecule has 62 valence electrons. The Hall–Kier alpha value is -1.80. The molecule has 0 atom stereocenters. The number of hydrogen-bond donors (Lipinski definition) is 0. The fraction of sp³-hybridized carbons (Fsp3) is 0. The van der Waals surface area contributed by atoms with Gasteiger partial charge in [0.25, 0.3) is 0 Å². The van der Waals surface area contributed by atoms with Crippen LogP contribution in [0.5, 0.6) is 0 Å². The second-order valence-electron chi connectivity index (χ2n) is 2.32. The maximum absolute atomic E-state index is 8.64. The van der Waals surface area contributed by atoms with Crippen LogP contribution in [0.25, 0.3) is 10.6 Å². The van der Waals surface area contributed by atoms with Gasteiger partial charge in [0.2, 0.25) is 0 Å². The van der Waals surface area contributed by atoms with Gasteiger partial charge in [-0.3, -0.25) is 4.98 Å². The fourth-order valence-electron chi connectivity index (χ4n) is 0.917. The van der Waals surface area contributed by atoms with Gasteiger partial charge >= 0.3 is 0 Å². The average molecular weight is 188 g/mol. The normalized spacial score (nSPS) is 9.46. The van der Waals surface area contributed by atoms with Crippen LogP contribution in [0.15, 0.2) is 24.0 Å². The highest BCUT2D eigenvalue weighted by molar-refractivity contribution is 7.12. The zero-order valence-electron chi connectivity index (χ0n) is 6.51. The lowest BCUT2D eigenvalue weighted by Crippen LogP contribution is -1.82. The summed E-state index contributed by atoms with van der Waals surface area (Å²) >= 11 is 1.42. The van der Waals surface area contributed by atoms with Crippen LogP contribution in [0, 0.1) is 11.3 Å². The third kappa shape index (κ3) is 1.53. The van der Waals surface area contributed by atoms with E-state index in [0.29, 0.717) is 5.56 Å². The van der Waals surface area contributed by atoms with Crippen LogP contribution in [0.2, 0.25) is 0 Å². The van der Waals surface area contributed by atoms with Crippen molar-refractivity contribution in [1.29, 1.82) is 5.26 Å². The maximum atomic E-state index is 8.64. The monoisotopic (exact) mass is 188 g/mol. The van der Waals surface area contributed by atoms with E-state index in [9.17, 15) is 0 Å². The van der Waals surface area contributed by atoms with E-state index in [0.717, 1.165) is 10.6 Å². The van der Waals surface area contributed by atoms with Crippen molar-refractivity contribution < 1.29 is 0 Å². The third-order valence-corrected chi connectivity index (χ3v) is 2.21. The summed E-state index contributed by atoms with van der Waals surface area (Å²) in [6.07, 6.45) is 3.19. The maximum Gasteiger partial charge on any atom is 0.149 e. The van der Waals surface area contributed by atoms with Crippen molar-refractivity contribution in [3.8, 4) is 16.6 Å². The Morgan fingerprint density at radius 3 is 3.00 bits per heavy atom. The zero-order valence-corrected chi connectivity index (χ0v) is 7.32. The zero-order chi connectivity index (χ0) is 9.10. The minimum absolute atomic E-state index is 0.535. The van der Waals surface area contributed by atoms with Crippen molar-refractivity contribution in [2.24, 2.45) is 0 Å². The molecule has 0 N–H and O–H groups in total. The second-order valence-corrected chi connectivity index (χ2v) is 3.15. The molecule has 2 aromatic heterocycles. The molecule has 0 aliphatic heterocycles. The van der Waals surface area contributed by atoms with Crippen LogP contribution in [0.3, 0.4) is 0 Å². The predicted octanol–water partition coefficient (Wildman–Crippen LogP) is 1.47. The standard InChI is InChI=1S/C8H4N4S/c9-2-6-1-7(4-10-3-6)8-12-11-5-13-8/h1,3-5H. The highest BCUT2D eigenvalue weighted by Gasteiger charge is 2.02. The number of pyridine rings is 1. The summed E-state index contributed by atoms with van der Waals surface area (Å²) in [6, 6.07) is 3.77. The Bertz CT molecular complexity index is 443. The van der Waals surface area contributed by atoms with E-state index in [1.807, 2.05) is 6.07 Å². The first-order valence-electron chi connectivity index (χ1n) is 3.52. The van der Waals surface area contributed by atoms with Crippen LogP contribution in [-0.4, -0.2) is 15.2 Å². The molecule has 0 radical (unpaired) electrons. The summed E-state index contributed by atoms with van der Waals surface area (Å²) in [5.41, 5.74) is 3.02. The van der Waals surface area contributed by atoms with E-state index < -0.39 is 0 Å². The first kappa shape index (κ1) is 7.83. The summed E-state index contributed by atoms with van der Waals surface area (Å²) in [7, 11) is 0. The molecule has 2 heterocycles. The Labute approximate surface area is 78.5 Å². The van der Waals surface area contributed by atoms with Crippen LogP contribution in [0.4, 0.5) is 0 Å². The molecular formula is C8H4N4S. The first-order chi connectivity index (χ1) is 6.40. The third-order valence-electron chi connectivity index (χ3n) is 1.47. The number of nitrogens with zero attached hydrogens (tertiary/aromatic N) is 4. The van der Waals surface area contributed by atoms with Gasteiger partial charge in [-0.25, -0.2) is 0 Å². The average Bonchev–Trinajstić information content (AvgIpc) is 2.71. The molecule has 4 nitrogen and oxygen atoms in total. The van der Waals surface area contributed by atoms with E-state index in [4.69, 9.17) is 5.26 Å². The van der Waals surface area contributed by atoms with Crippen molar-refractivity contribution in [3.63, 3.8) is 0 Å². The predicted molar refractivity (Wildman–Crippen MR) is 47.9 cm³/mol. The van der Waals surface area contributed by atoms with E-state index in [1.165, 1.54) is 17.5 Å². The molecule has 5 heteroatoms. The molecule has 0 amide bonds. The van der Waals surface area contributed by atoms with Crippen molar-refractivity contribution in [2.45, 2.75) is 0 Å². The minimum atomic E-state index is 0.535. The van der Waals surface area contributed by atoms with E-state index >= 15 is 0 Å². The molecule has 2 aromatic rings. The summed E-state index contributed by atoms with van der Waals surface area (Å²) in [5.74, 6) is 0. The summed E-state index contributed by atoms with van der Waals surface area (Å²) in [5, 5.41) is 17.0. The lowest BCUT2D eigenvalue weighted by molar-refractivity contribution is 1.09. The summed E-state index contributed by atoms with van der Waals surface area (Å²) in [6.45, 7) is 0. The molecule has 0 aliphatic carbocycles. The van der Waals surface area contributed by atoms with Gasteiger partial charge in [0.15, 0.2) is 0 Å². The van der Waals surface area contributed by atoms with E-state index in [-0.39, 0.29) is 0 Å². The first-order valence-corrected chi connectivity index (χ1v) is 4.40. The van der Waals surface area contributed by atoms with E-state index in [2.05, 4.69) is 15.2 Å². The van der Waals surface area contributed by atoms with Gasteiger partial charge in [-0.15, -0.1) is 10.2 Å². The quantitative estimate of drug-likeness (QED) is 0.679. The SMILES string of the molecule is N#Cc1cncc(-c2nncs2)c1. The Morgan fingerprint density at radius 1 is 1.38 bits per heavy atom. The molecule has 0 unspecified atom stereocenters. The molecule has 0 aliphatic rings. The second kappa shape index (κ2) is 3.29. The Balaban J connectivity index is 2.49. The molecule has 0 spiro atoms. The molecule has 13 heavy (non-hydrogen) atoms. The molecule has 0 saturated carbocycles. The highest BCUT2D eigenvalue weighted by Crippen LogP contribution is 2.19. The lowest BCUT2D eigenvalue weighted by Gasteiger charge is -1.93. The van der Waals surface area contributed by atoms with Gasteiger partial charge in [-0.05, 0) is 6.07 Å². The van der Waals surface area contributed by atoms with Crippen LogP contribution >= 0.6 is 11.3 Å².